The highest BCUT2D eigenvalue weighted by molar-refractivity contribution is 8.05. The van der Waals surface area contributed by atoms with Crippen molar-refractivity contribution < 1.29 is 9.53 Å². The second-order valence-electron chi connectivity index (χ2n) is 3.36. The Bertz CT molecular complexity index is 593. The van der Waals surface area contributed by atoms with Crippen LogP contribution < -0.4 is 5.32 Å². The Kier molecular flexibility index (Phi) is 4.78. The van der Waals surface area contributed by atoms with Crippen LogP contribution in [0.3, 0.4) is 0 Å². The number of thioether (sulfide) groups is 1. The number of carbonyl (C=O) groups is 1. The van der Waals surface area contributed by atoms with Crippen molar-refractivity contribution in [1.82, 2.24) is 4.98 Å². The zero-order valence-corrected chi connectivity index (χ0v) is 11.3. The average molecular weight is 291 g/mol. The molecule has 0 aliphatic rings. The number of benzene rings is 1. The molecule has 2 rings (SSSR count). The highest BCUT2D eigenvalue weighted by Crippen LogP contribution is 2.27. The van der Waals surface area contributed by atoms with E-state index >= 15 is 0 Å². The van der Waals surface area contributed by atoms with Gasteiger partial charge in [-0.2, -0.15) is 5.26 Å². The summed E-state index contributed by atoms with van der Waals surface area (Å²) in [6.45, 7) is 0.206. The summed E-state index contributed by atoms with van der Waals surface area (Å²) in [5, 5.41) is 13.4. The van der Waals surface area contributed by atoms with Crippen LogP contribution in [0.2, 0.25) is 0 Å². The van der Waals surface area contributed by atoms with Crippen molar-refractivity contribution in [2.45, 2.75) is 10.8 Å². The number of ether oxygens (including phenoxy) is 1. The topological polar surface area (TPSA) is 75.0 Å². The maximum absolute atomic E-state index is 11.5. The number of thiocyanates is 1. The lowest BCUT2D eigenvalue weighted by Crippen LogP contribution is -2.13. The Morgan fingerprint density at radius 1 is 1.47 bits per heavy atom. The maximum atomic E-state index is 11.5. The van der Waals surface area contributed by atoms with Gasteiger partial charge in [-0.25, -0.2) is 9.78 Å². The maximum Gasteiger partial charge on any atom is 0.413 e. The lowest BCUT2D eigenvalue weighted by atomic mass is 10.2. The summed E-state index contributed by atoms with van der Waals surface area (Å²) in [6, 6.07) is 9.40. The van der Waals surface area contributed by atoms with E-state index in [0.717, 1.165) is 21.5 Å². The number of carbonyl (C=O) groups excluding carboxylic acids is 1. The fraction of sp³-hybridized carbons (Fsp3) is 0.0833. The van der Waals surface area contributed by atoms with Gasteiger partial charge in [-0.05, 0) is 5.56 Å². The summed E-state index contributed by atoms with van der Waals surface area (Å²) in [5.74, 6) is 0. The van der Waals surface area contributed by atoms with Gasteiger partial charge in [0, 0.05) is 11.8 Å². The predicted molar refractivity (Wildman–Crippen MR) is 73.8 cm³/mol. The van der Waals surface area contributed by atoms with E-state index in [0.29, 0.717) is 5.13 Å². The summed E-state index contributed by atoms with van der Waals surface area (Å²) < 4.78 is 5.77. The first-order valence-corrected chi connectivity index (χ1v) is 6.90. The van der Waals surface area contributed by atoms with E-state index in [1.165, 1.54) is 17.5 Å². The molecule has 0 unspecified atom stereocenters. The molecule has 0 atom stereocenters. The number of hydrogen-bond acceptors (Lipinski definition) is 6. The first-order chi connectivity index (χ1) is 9.28. The lowest BCUT2D eigenvalue weighted by Gasteiger charge is -2.04. The normalized spacial score (nSPS) is 9.63. The van der Waals surface area contributed by atoms with Crippen LogP contribution in [0.15, 0.2) is 40.7 Å². The highest BCUT2D eigenvalue weighted by atomic mass is 32.2. The molecule has 0 aliphatic carbocycles. The van der Waals surface area contributed by atoms with Crippen LogP contribution in [0.5, 0.6) is 0 Å². The molecule has 0 saturated heterocycles. The fourth-order valence-corrected chi connectivity index (χ4v) is 2.50. The second kappa shape index (κ2) is 6.78. The molecule has 1 amide bonds. The Balaban J connectivity index is 1.82. The van der Waals surface area contributed by atoms with Crippen LogP contribution in [-0.4, -0.2) is 11.1 Å². The van der Waals surface area contributed by atoms with Crippen LogP contribution in [0, 0.1) is 10.7 Å². The third-order valence-corrected chi connectivity index (χ3v) is 3.66. The van der Waals surface area contributed by atoms with Crippen molar-refractivity contribution in [2.24, 2.45) is 0 Å². The van der Waals surface area contributed by atoms with E-state index in [1.54, 1.807) is 0 Å². The van der Waals surface area contributed by atoms with Gasteiger partial charge in [0.25, 0.3) is 0 Å². The first-order valence-electron chi connectivity index (χ1n) is 5.27. The van der Waals surface area contributed by atoms with Crippen molar-refractivity contribution in [3.8, 4) is 5.40 Å². The largest absolute Gasteiger partial charge is 0.444 e. The molecular weight excluding hydrogens is 282 g/mol. The standard InChI is InChI=1S/C12H9N3O2S2/c13-8-18-10-6-14-11(19-10)15-12(16)17-7-9-4-2-1-3-5-9/h1-6H,7H2,(H,14,15,16). The van der Waals surface area contributed by atoms with Gasteiger partial charge in [-0.15, -0.1) is 0 Å². The molecule has 1 aromatic heterocycles. The van der Waals surface area contributed by atoms with Crippen LogP contribution in [0.4, 0.5) is 9.93 Å². The Morgan fingerprint density at radius 3 is 3.00 bits per heavy atom. The molecule has 1 aromatic carbocycles. The molecule has 2 aromatic rings. The van der Waals surface area contributed by atoms with Crippen molar-refractivity contribution >= 4 is 34.3 Å². The van der Waals surface area contributed by atoms with Crippen LogP contribution in [0.1, 0.15) is 5.56 Å². The molecule has 19 heavy (non-hydrogen) atoms. The summed E-state index contributed by atoms with van der Waals surface area (Å²) in [7, 11) is 0. The number of thiazole rings is 1. The SMILES string of the molecule is N#CSc1cnc(NC(=O)OCc2ccccc2)s1. The summed E-state index contributed by atoms with van der Waals surface area (Å²) in [5.41, 5.74) is 0.914. The van der Waals surface area contributed by atoms with Gasteiger partial charge in [0.1, 0.15) is 12.0 Å². The summed E-state index contributed by atoms with van der Waals surface area (Å²) in [6.07, 6.45) is 0.970. The summed E-state index contributed by atoms with van der Waals surface area (Å²) in [4.78, 5) is 15.5. The van der Waals surface area contributed by atoms with E-state index in [1.807, 2.05) is 35.7 Å². The van der Waals surface area contributed by atoms with E-state index in [9.17, 15) is 4.79 Å². The molecule has 0 saturated carbocycles. The van der Waals surface area contributed by atoms with Gasteiger partial charge in [0.15, 0.2) is 5.13 Å². The van der Waals surface area contributed by atoms with Crippen LogP contribution >= 0.6 is 23.1 Å². The van der Waals surface area contributed by atoms with Crippen LogP contribution in [0.25, 0.3) is 0 Å². The number of nitrogens with zero attached hydrogens (tertiary/aromatic N) is 2. The average Bonchev–Trinajstić information content (AvgIpc) is 2.85. The molecule has 0 bridgehead atoms. The van der Waals surface area contributed by atoms with E-state index in [2.05, 4.69) is 10.3 Å². The Labute approximate surface area is 118 Å². The van der Waals surface area contributed by atoms with Crippen molar-refractivity contribution in [3.63, 3.8) is 0 Å². The van der Waals surface area contributed by atoms with Crippen molar-refractivity contribution in [1.29, 1.82) is 5.26 Å². The molecular formula is C12H9N3O2S2. The lowest BCUT2D eigenvalue weighted by molar-refractivity contribution is 0.155. The number of aromatic nitrogens is 1. The number of anilines is 1. The summed E-state index contributed by atoms with van der Waals surface area (Å²) >= 11 is 2.23. The number of amides is 1. The minimum absolute atomic E-state index is 0.206. The number of hydrogen-bond donors (Lipinski definition) is 1. The second-order valence-corrected chi connectivity index (χ2v) is 5.48. The minimum atomic E-state index is -0.563. The van der Waals surface area contributed by atoms with Crippen LogP contribution in [-0.2, 0) is 11.3 Å². The van der Waals surface area contributed by atoms with Gasteiger partial charge in [-0.3, -0.25) is 5.32 Å². The van der Waals surface area contributed by atoms with Gasteiger partial charge in [0.05, 0.1) is 10.4 Å². The molecule has 96 valence electrons. The molecule has 1 N–H and O–H groups in total. The Morgan fingerprint density at radius 2 is 2.26 bits per heavy atom. The fourth-order valence-electron chi connectivity index (χ4n) is 1.26. The first kappa shape index (κ1) is 13.4. The zero-order valence-electron chi connectivity index (χ0n) is 9.70. The number of nitrogens with one attached hydrogen (secondary N) is 1. The monoisotopic (exact) mass is 291 g/mol. The van der Waals surface area contributed by atoms with E-state index in [-0.39, 0.29) is 6.61 Å². The highest BCUT2D eigenvalue weighted by Gasteiger charge is 2.08. The number of nitriles is 1. The van der Waals surface area contributed by atoms with Gasteiger partial charge in [0.2, 0.25) is 0 Å². The molecule has 0 radical (unpaired) electrons. The molecule has 5 nitrogen and oxygen atoms in total. The Hall–Kier alpha value is -2.04. The quantitative estimate of drug-likeness (QED) is 0.689. The molecule has 0 spiro atoms. The third-order valence-electron chi connectivity index (χ3n) is 2.05. The molecule has 0 fully saturated rings. The van der Waals surface area contributed by atoms with E-state index in [4.69, 9.17) is 10.00 Å². The van der Waals surface area contributed by atoms with Crippen molar-refractivity contribution in [2.75, 3.05) is 5.32 Å². The molecule has 0 aliphatic heterocycles. The van der Waals surface area contributed by atoms with E-state index < -0.39 is 6.09 Å². The minimum Gasteiger partial charge on any atom is -0.444 e. The molecule has 7 heteroatoms. The van der Waals surface area contributed by atoms with Gasteiger partial charge >= 0.3 is 6.09 Å². The third kappa shape index (κ3) is 4.28. The van der Waals surface area contributed by atoms with Gasteiger partial charge in [-0.1, -0.05) is 41.7 Å². The predicted octanol–water partition coefficient (Wildman–Crippen LogP) is 3.46. The smallest absolute Gasteiger partial charge is 0.413 e. The van der Waals surface area contributed by atoms with Crippen molar-refractivity contribution in [3.05, 3.63) is 42.1 Å². The zero-order chi connectivity index (χ0) is 13.5. The molecule has 1 heterocycles. The number of rotatable bonds is 4. The van der Waals surface area contributed by atoms with Gasteiger partial charge < -0.3 is 4.74 Å².